The van der Waals surface area contributed by atoms with Crippen molar-refractivity contribution >= 4 is 17.6 Å². The van der Waals surface area contributed by atoms with Gasteiger partial charge in [-0.3, -0.25) is 0 Å². The van der Waals surface area contributed by atoms with Crippen molar-refractivity contribution in [3.8, 4) is 0 Å². The summed E-state index contributed by atoms with van der Waals surface area (Å²) in [5.41, 5.74) is 0. The SMILES string of the molecule is Cc1nc(CNc2nnc(C(C)Cl)o2)no1. The molecule has 0 saturated heterocycles. The third-order valence-corrected chi connectivity index (χ3v) is 1.93. The third kappa shape index (κ3) is 2.48. The Bertz CT molecular complexity index is 466. The molecule has 16 heavy (non-hydrogen) atoms. The van der Waals surface area contributed by atoms with Gasteiger partial charge < -0.3 is 14.3 Å². The van der Waals surface area contributed by atoms with Crippen LogP contribution < -0.4 is 5.32 Å². The molecule has 2 aromatic rings. The zero-order chi connectivity index (χ0) is 11.5. The topological polar surface area (TPSA) is 89.9 Å². The van der Waals surface area contributed by atoms with E-state index in [1.165, 1.54) is 0 Å². The molecule has 0 amide bonds. The molecular formula is C8H10ClN5O2. The lowest BCUT2D eigenvalue weighted by Gasteiger charge is -1.95. The lowest BCUT2D eigenvalue weighted by Crippen LogP contribution is -2.01. The van der Waals surface area contributed by atoms with Crippen molar-refractivity contribution in [1.29, 1.82) is 0 Å². The van der Waals surface area contributed by atoms with Gasteiger partial charge in [0.25, 0.3) is 0 Å². The van der Waals surface area contributed by atoms with Crippen LogP contribution in [-0.2, 0) is 6.54 Å². The van der Waals surface area contributed by atoms with Gasteiger partial charge in [-0.2, -0.15) is 4.98 Å². The average molecular weight is 244 g/mol. The summed E-state index contributed by atoms with van der Waals surface area (Å²) in [4.78, 5) is 4.01. The van der Waals surface area contributed by atoms with Crippen LogP contribution in [0, 0.1) is 6.92 Å². The van der Waals surface area contributed by atoms with Gasteiger partial charge in [0.1, 0.15) is 5.38 Å². The fraction of sp³-hybridized carbons (Fsp3) is 0.500. The molecule has 0 aromatic carbocycles. The van der Waals surface area contributed by atoms with Gasteiger partial charge in [0.05, 0.1) is 6.54 Å². The quantitative estimate of drug-likeness (QED) is 0.817. The Labute approximate surface area is 96.2 Å². The first-order valence-corrected chi connectivity index (χ1v) is 5.09. The van der Waals surface area contributed by atoms with Crippen molar-refractivity contribution in [1.82, 2.24) is 20.3 Å². The second kappa shape index (κ2) is 4.48. The minimum Gasteiger partial charge on any atom is -0.406 e. The van der Waals surface area contributed by atoms with Crippen molar-refractivity contribution in [3.05, 3.63) is 17.6 Å². The van der Waals surface area contributed by atoms with E-state index >= 15 is 0 Å². The highest BCUT2D eigenvalue weighted by Gasteiger charge is 2.11. The number of rotatable bonds is 4. The molecule has 0 radical (unpaired) electrons. The van der Waals surface area contributed by atoms with Crippen LogP contribution in [0.2, 0.25) is 0 Å². The summed E-state index contributed by atoms with van der Waals surface area (Å²) >= 11 is 5.77. The Morgan fingerprint density at radius 1 is 1.44 bits per heavy atom. The van der Waals surface area contributed by atoms with Crippen LogP contribution in [0.1, 0.15) is 29.9 Å². The molecule has 1 unspecified atom stereocenters. The highest BCUT2D eigenvalue weighted by atomic mass is 35.5. The summed E-state index contributed by atoms with van der Waals surface area (Å²) in [6.07, 6.45) is 0. The fourth-order valence-corrected chi connectivity index (χ4v) is 1.12. The zero-order valence-electron chi connectivity index (χ0n) is 8.77. The van der Waals surface area contributed by atoms with Gasteiger partial charge in [-0.1, -0.05) is 10.3 Å². The van der Waals surface area contributed by atoms with Gasteiger partial charge in [0.2, 0.25) is 11.8 Å². The van der Waals surface area contributed by atoms with Crippen molar-refractivity contribution in [3.63, 3.8) is 0 Å². The predicted octanol–water partition coefficient (Wildman–Crippen LogP) is 1.67. The van der Waals surface area contributed by atoms with Crippen LogP contribution >= 0.6 is 11.6 Å². The van der Waals surface area contributed by atoms with E-state index in [-0.39, 0.29) is 11.4 Å². The maximum atomic E-state index is 5.77. The highest BCUT2D eigenvalue weighted by Crippen LogP contribution is 2.19. The molecule has 0 fully saturated rings. The second-order valence-electron chi connectivity index (χ2n) is 3.14. The third-order valence-electron chi connectivity index (χ3n) is 1.75. The standard InChI is InChI=1S/C8H10ClN5O2/c1-4(9)7-12-13-8(15-7)10-3-6-11-5(2)16-14-6/h4H,3H2,1-2H3,(H,10,13). The summed E-state index contributed by atoms with van der Waals surface area (Å²) in [5.74, 6) is 1.40. The predicted molar refractivity (Wildman–Crippen MR) is 54.9 cm³/mol. The molecule has 2 heterocycles. The number of nitrogens with zero attached hydrogens (tertiary/aromatic N) is 4. The number of hydrogen-bond acceptors (Lipinski definition) is 7. The first-order valence-electron chi connectivity index (χ1n) is 4.65. The molecule has 2 rings (SSSR count). The van der Waals surface area contributed by atoms with Gasteiger partial charge in [-0.15, -0.1) is 16.7 Å². The van der Waals surface area contributed by atoms with Crippen molar-refractivity contribution in [2.45, 2.75) is 25.8 Å². The fourth-order valence-electron chi connectivity index (χ4n) is 1.03. The number of aryl methyl sites for hydroxylation is 1. The lowest BCUT2D eigenvalue weighted by atomic mass is 10.5. The van der Waals surface area contributed by atoms with E-state index in [1.807, 2.05) is 0 Å². The maximum absolute atomic E-state index is 5.77. The molecule has 8 heteroatoms. The molecule has 0 saturated carbocycles. The second-order valence-corrected chi connectivity index (χ2v) is 3.80. The van der Waals surface area contributed by atoms with E-state index in [1.54, 1.807) is 13.8 Å². The van der Waals surface area contributed by atoms with E-state index in [0.29, 0.717) is 24.2 Å². The summed E-state index contributed by atoms with van der Waals surface area (Å²) in [7, 11) is 0. The lowest BCUT2D eigenvalue weighted by molar-refractivity contribution is 0.388. The Hall–Kier alpha value is -1.63. The van der Waals surface area contributed by atoms with E-state index in [4.69, 9.17) is 20.5 Å². The van der Waals surface area contributed by atoms with Gasteiger partial charge in [-0.25, -0.2) is 0 Å². The minimum absolute atomic E-state index is 0.282. The van der Waals surface area contributed by atoms with Gasteiger partial charge in [-0.05, 0) is 6.92 Å². The Morgan fingerprint density at radius 3 is 2.81 bits per heavy atom. The molecule has 2 aromatic heterocycles. The Morgan fingerprint density at radius 2 is 2.25 bits per heavy atom. The Kier molecular flexibility index (Phi) is 3.04. The summed E-state index contributed by atoms with van der Waals surface area (Å²) < 4.78 is 10.0. The van der Waals surface area contributed by atoms with Crippen LogP contribution in [0.3, 0.4) is 0 Å². The van der Waals surface area contributed by atoms with Crippen LogP contribution in [0.25, 0.3) is 0 Å². The molecule has 86 valence electrons. The molecule has 1 atom stereocenters. The molecule has 0 aliphatic rings. The Balaban J connectivity index is 1.94. The summed E-state index contributed by atoms with van der Waals surface area (Å²) in [6.45, 7) is 3.83. The first-order chi connectivity index (χ1) is 7.65. The smallest absolute Gasteiger partial charge is 0.315 e. The molecule has 7 nitrogen and oxygen atoms in total. The molecule has 0 aliphatic heterocycles. The first kappa shape index (κ1) is 10.9. The van der Waals surface area contributed by atoms with Crippen molar-refractivity contribution < 1.29 is 8.94 Å². The molecule has 1 N–H and O–H groups in total. The largest absolute Gasteiger partial charge is 0.406 e. The number of aromatic nitrogens is 4. The zero-order valence-corrected chi connectivity index (χ0v) is 9.52. The molecule has 0 spiro atoms. The van der Waals surface area contributed by atoms with Gasteiger partial charge >= 0.3 is 6.01 Å². The summed E-state index contributed by atoms with van der Waals surface area (Å²) in [5, 5.41) is 13.8. The normalized spacial score (nSPS) is 12.7. The highest BCUT2D eigenvalue weighted by molar-refractivity contribution is 6.20. The minimum atomic E-state index is -0.310. The van der Waals surface area contributed by atoms with Crippen molar-refractivity contribution in [2.24, 2.45) is 0 Å². The van der Waals surface area contributed by atoms with Gasteiger partial charge in [0.15, 0.2) is 5.82 Å². The maximum Gasteiger partial charge on any atom is 0.315 e. The number of nitrogens with one attached hydrogen (secondary N) is 1. The van der Waals surface area contributed by atoms with E-state index < -0.39 is 0 Å². The summed E-state index contributed by atoms with van der Waals surface area (Å²) in [6, 6.07) is 0.282. The van der Waals surface area contributed by atoms with Crippen LogP contribution in [0.5, 0.6) is 0 Å². The van der Waals surface area contributed by atoms with E-state index in [0.717, 1.165) is 0 Å². The van der Waals surface area contributed by atoms with E-state index in [9.17, 15) is 0 Å². The monoisotopic (exact) mass is 243 g/mol. The van der Waals surface area contributed by atoms with Crippen LogP contribution in [-0.4, -0.2) is 20.3 Å². The van der Waals surface area contributed by atoms with E-state index in [2.05, 4.69) is 25.7 Å². The van der Waals surface area contributed by atoms with Crippen LogP contribution in [0.4, 0.5) is 6.01 Å². The van der Waals surface area contributed by atoms with Gasteiger partial charge in [0, 0.05) is 6.92 Å². The number of hydrogen-bond donors (Lipinski definition) is 1. The number of anilines is 1. The van der Waals surface area contributed by atoms with Crippen LogP contribution in [0.15, 0.2) is 8.94 Å². The molecule has 0 aliphatic carbocycles. The number of halogens is 1. The molecular weight excluding hydrogens is 234 g/mol. The average Bonchev–Trinajstić information content (AvgIpc) is 2.83. The molecule has 0 bridgehead atoms. The number of alkyl halides is 1. The van der Waals surface area contributed by atoms with Crippen molar-refractivity contribution in [2.75, 3.05) is 5.32 Å².